The van der Waals surface area contributed by atoms with Crippen LogP contribution in [0.4, 0.5) is 5.95 Å². The second-order valence-corrected chi connectivity index (χ2v) is 6.17. The maximum atomic E-state index is 4.64. The normalized spacial score (nSPS) is 11.4. The molecule has 21 heavy (non-hydrogen) atoms. The molecule has 0 saturated heterocycles. The first-order valence-corrected chi connectivity index (χ1v) is 8.12. The third-order valence-electron chi connectivity index (χ3n) is 3.26. The van der Waals surface area contributed by atoms with Gasteiger partial charge in [0.2, 0.25) is 5.95 Å². The fourth-order valence-electron chi connectivity index (χ4n) is 2.09. The van der Waals surface area contributed by atoms with Crippen LogP contribution in [-0.4, -0.2) is 26.3 Å². The van der Waals surface area contributed by atoms with E-state index in [0.717, 1.165) is 34.7 Å². The van der Waals surface area contributed by atoms with Crippen molar-refractivity contribution in [3.05, 3.63) is 29.4 Å². The molecule has 0 unspecified atom stereocenters. The Balaban J connectivity index is 2.08. The Morgan fingerprint density at radius 1 is 1.29 bits per heavy atom. The van der Waals surface area contributed by atoms with Gasteiger partial charge in [-0.15, -0.1) is 11.3 Å². The predicted octanol–water partition coefficient (Wildman–Crippen LogP) is 3.82. The number of hydrogen-bond acceptors (Lipinski definition) is 5. The van der Waals surface area contributed by atoms with Gasteiger partial charge in [-0.1, -0.05) is 20.8 Å². The van der Waals surface area contributed by atoms with Gasteiger partial charge in [0.1, 0.15) is 4.83 Å². The highest BCUT2D eigenvalue weighted by Gasteiger charge is 2.12. The van der Waals surface area contributed by atoms with Crippen LogP contribution in [0, 0.1) is 0 Å². The summed E-state index contributed by atoms with van der Waals surface area (Å²) in [6.07, 6.45) is 3.01. The van der Waals surface area contributed by atoms with Crippen molar-refractivity contribution in [3.8, 4) is 5.82 Å². The van der Waals surface area contributed by atoms with E-state index in [4.69, 9.17) is 0 Å². The SMILES string of the molecule is CCCNc1nc(-n2ccc(C(C)C)n2)c2ccsc2n1. The molecular formula is C15H19N5S. The van der Waals surface area contributed by atoms with Crippen molar-refractivity contribution in [1.82, 2.24) is 19.7 Å². The van der Waals surface area contributed by atoms with Crippen LogP contribution in [0.15, 0.2) is 23.7 Å². The van der Waals surface area contributed by atoms with Crippen LogP contribution in [0.5, 0.6) is 0 Å². The van der Waals surface area contributed by atoms with Crippen molar-refractivity contribution < 1.29 is 0 Å². The summed E-state index contributed by atoms with van der Waals surface area (Å²) >= 11 is 1.62. The molecule has 3 aromatic heterocycles. The Morgan fingerprint density at radius 2 is 2.14 bits per heavy atom. The van der Waals surface area contributed by atoms with E-state index in [1.54, 1.807) is 11.3 Å². The Labute approximate surface area is 128 Å². The van der Waals surface area contributed by atoms with E-state index in [1.165, 1.54) is 0 Å². The lowest BCUT2D eigenvalue weighted by Gasteiger charge is -2.07. The molecule has 0 amide bonds. The lowest BCUT2D eigenvalue weighted by Crippen LogP contribution is -2.08. The topological polar surface area (TPSA) is 55.6 Å². The molecule has 0 radical (unpaired) electrons. The molecule has 3 aromatic rings. The fraction of sp³-hybridized carbons (Fsp3) is 0.400. The van der Waals surface area contributed by atoms with Crippen LogP contribution in [0.2, 0.25) is 0 Å². The third-order valence-corrected chi connectivity index (χ3v) is 4.06. The number of aromatic nitrogens is 4. The monoisotopic (exact) mass is 301 g/mol. The summed E-state index contributed by atoms with van der Waals surface area (Å²) in [6.45, 7) is 7.27. The quantitative estimate of drug-likeness (QED) is 0.778. The largest absolute Gasteiger partial charge is 0.354 e. The van der Waals surface area contributed by atoms with Gasteiger partial charge in [0.25, 0.3) is 0 Å². The molecule has 5 nitrogen and oxygen atoms in total. The maximum absolute atomic E-state index is 4.64. The molecule has 0 bridgehead atoms. The average molecular weight is 301 g/mol. The standard InChI is InChI=1S/C15H19N5S/c1-4-7-16-15-17-13(11-6-9-21-14(11)18-15)20-8-5-12(19-20)10(2)3/h5-6,8-10H,4,7H2,1-3H3,(H,16,17,18). The van der Waals surface area contributed by atoms with Gasteiger partial charge in [-0.25, -0.2) is 9.67 Å². The van der Waals surface area contributed by atoms with E-state index in [-0.39, 0.29) is 0 Å². The van der Waals surface area contributed by atoms with Crippen molar-refractivity contribution in [1.29, 1.82) is 0 Å². The molecule has 0 aromatic carbocycles. The minimum absolute atomic E-state index is 0.406. The van der Waals surface area contributed by atoms with Gasteiger partial charge in [-0.3, -0.25) is 0 Å². The zero-order valence-corrected chi connectivity index (χ0v) is 13.3. The number of rotatable bonds is 5. The van der Waals surface area contributed by atoms with E-state index in [0.29, 0.717) is 11.9 Å². The minimum Gasteiger partial charge on any atom is -0.354 e. The molecule has 0 aliphatic carbocycles. The fourth-order valence-corrected chi connectivity index (χ4v) is 2.85. The highest BCUT2D eigenvalue weighted by atomic mass is 32.1. The average Bonchev–Trinajstić information content (AvgIpc) is 3.12. The first-order chi connectivity index (χ1) is 10.2. The van der Waals surface area contributed by atoms with Gasteiger partial charge in [0, 0.05) is 12.7 Å². The second-order valence-electron chi connectivity index (χ2n) is 5.28. The summed E-state index contributed by atoms with van der Waals surface area (Å²) in [5, 5.41) is 11.0. The summed E-state index contributed by atoms with van der Waals surface area (Å²) < 4.78 is 1.85. The van der Waals surface area contributed by atoms with E-state index < -0.39 is 0 Å². The molecule has 0 spiro atoms. The lowest BCUT2D eigenvalue weighted by atomic mass is 10.1. The van der Waals surface area contributed by atoms with Crippen molar-refractivity contribution in [2.75, 3.05) is 11.9 Å². The zero-order chi connectivity index (χ0) is 14.8. The molecule has 0 atom stereocenters. The van der Waals surface area contributed by atoms with E-state index >= 15 is 0 Å². The van der Waals surface area contributed by atoms with Crippen molar-refractivity contribution >= 4 is 27.5 Å². The van der Waals surface area contributed by atoms with Gasteiger partial charge >= 0.3 is 0 Å². The maximum Gasteiger partial charge on any atom is 0.226 e. The van der Waals surface area contributed by atoms with Crippen LogP contribution >= 0.6 is 11.3 Å². The Hall–Kier alpha value is -1.95. The number of nitrogens with zero attached hydrogens (tertiary/aromatic N) is 4. The van der Waals surface area contributed by atoms with Gasteiger partial charge < -0.3 is 5.32 Å². The second kappa shape index (κ2) is 5.81. The summed E-state index contributed by atoms with van der Waals surface area (Å²) in [7, 11) is 0. The number of anilines is 1. The summed E-state index contributed by atoms with van der Waals surface area (Å²) in [5.74, 6) is 1.92. The molecule has 1 N–H and O–H groups in total. The number of thiophene rings is 1. The molecule has 110 valence electrons. The first-order valence-electron chi connectivity index (χ1n) is 7.24. The summed E-state index contributed by atoms with van der Waals surface area (Å²) in [5.41, 5.74) is 1.07. The van der Waals surface area contributed by atoms with Gasteiger partial charge in [0.05, 0.1) is 11.1 Å². The van der Waals surface area contributed by atoms with Gasteiger partial charge in [0.15, 0.2) is 5.82 Å². The highest BCUT2D eigenvalue weighted by Crippen LogP contribution is 2.26. The van der Waals surface area contributed by atoms with E-state index in [1.807, 2.05) is 22.3 Å². The van der Waals surface area contributed by atoms with Crippen LogP contribution < -0.4 is 5.32 Å². The van der Waals surface area contributed by atoms with Crippen LogP contribution in [0.25, 0.3) is 16.0 Å². The van der Waals surface area contributed by atoms with Gasteiger partial charge in [-0.05, 0) is 29.9 Å². The number of nitrogens with one attached hydrogen (secondary N) is 1. The molecule has 6 heteroatoms. The molecular weight excluding hydrogens is 282 g/mol. The smallest absolute Gasteiger partial charge is 0.226 e. The Morgan fingerprint density at radius 3 is 2.86 bits per heavy atom. The molecule has 0 aliphatic heterocycles. The van der Waals surface area contributed by atoms with Crippen LogP contribution in [-0.2, 0) is 0 Å². The molecule has 0 fully saturated rings. The van der Waals surface area contributed by atoms with Gasteiger partial charge in [-0.2, -0.15) is 10.1 Å². The van der Waals surface area contributed by atoms with Crippen molar-refractivity contribution in [3.63, 3.8) is 0 Å². The third kappa shape index (κ3) is 2.76. The molecule has 3 heterocycles. The van der Waals surface area contributed by atoms with Crippen LogP contribution in [0.3, 0.4) is 0 Å². The molecule has 0 aliphatic rings. The van der Waals surface area contributed by atoms with Crippen molar-refractivity contribution in [2.45, 2.75) is 33.1 Å². The van der Waals surface area contributed by atoms with Crippen LogP contribution in [0.1, 0.15) is 38.8 Å². The molecule has 0 saturated carbocycles. The van der Waals surface area contributed by atoms with E-state index in [2.05, 4.69) is 47.2 Å². The van der Waals surface area contributed by atoms with E-state index in [9.17, 15) is 0 Å². The zero-order valence-electron chi connectivity index (χ0n) is 12.5. The number of hydrogen-bond donors (Lipinski definition) is 1. The minimum atomic E-state index is 0.406. The Kier molecular flexibility index (Phi) is 3.88. The summed E-state index contributed by atoms with van der Waals surface area (Å²) in [6, 6.07) is 4.10. The highest BCUT2D eigenvalue weighted by molar-refractivity contribution is 7.16. The van der Waals surface area contributed by atoms with Crippen molar-refractivity contribution in [2.24, 2.45) is 0 Å². The first kappa shape index (κ1) is 14.0. The predicted molar refractivity (Wildman–Crippen MR) is 87.4 cm³/mol. The molecule has 3 rings (SSSR count). The lowest BCUT2D eigenvalue weighted by molar-refractivity contribution is 0.760. The number of fused-ring (bicyclic) bond motifs is 1. The Bertz CT molecular complexity index is 743. The summed E-state index contributed by atoms with van der Waals surface area (Å²) in [4.78, 5) is 10.2.